The largest absolute Gasteiger partial charge is 0.379 e. The molecule has 0 aromatic carbocycles. The molecule has 2 rings (SSSR count). The van der Waals surface area contributed by atoms with E-state index in [-0.39, 0.29) is 11.9 Å². The third-order valence-electron chi connectivity index (χ3n) is 3.40. The van der Waals surface area contributed by atoms with Crippen LogP contribution in [0.5, 0.6) is 0 Å². The normalized spacial score (nSPS) is 12.4. The summed E-state index contributed by atoms with van der Waals surface area (Å²) in [6, 6.07) is 3.78. The van der Waals surface area contributed by atoms with E-state index in [1.807, 2.05) is 33.0 Å². The lowest BCUT2D eigenvalue weighted by Crippen LogP contribution is -2.29. The molecule has 0 aliphatic carbocycles. The number of methoxy groups -OCH3 is 1. The van der Waals surface area contributed by atoms with Crippen molar-refractivity contribution in [3.63, 3.8) is 0 Å². The van der Waals surface area contributed by atoms with Gasteiger partial charge >= 0.3 is 0 Å². The molecule has 2 aromatic heterocycles. The third kappa shape index (κ3) is 3.51. The molecule has 0 bridgehead atoms. The molecule has 114 valence electrons. The summed E-state index contributed by atoms with van der Waals surface area (Å²) in [5.41, 5.74) is 0.988. The lowest BCUT2D eigenvalue weighted by atomic mass is 10.2. The first-order valence-corrected chi connectivity index (χ1v) is 8.36. The second-order valence-electron chi connectivity index (χ2n) is 4.97. The van der Waals surface area contributed by atoms with E-state index in [1.165, 1.54) is 16.2 Å². The van der Waals surface area contributed by atoms with Gasteiger partial charge in [0.2, 0.25) is 0 Å². The summed E-state index contributed by atoms with van der Waals surface area (Å²) in [5.74, 6) is 0.0277. The number of thiophene rings is 1. The van der Waals surface area contributed by atoms with Crippen LogP contribution in [0.25, 0.3) is 0 Å². The minimum atomic E-state index is -0.0320. The van der Waals surface area contributed by atoms with Gasteiger partial charge in [0, 0.05) is 23.9 Å². The summed E-state index contributed by atoms with van der Waals surface area (Å²) in [4.78, 5) is 21.8. The predicted molar refractivity (Wildman–Crippen MR) is 87.1 cm³/mol. The molecular formula is C15H20N2O2S2. The van der Waals surface area contributed by atoms with Gasteiger partial charge in [0.05, 0.1) is 28.2 Å². The van der Waals surface area contributed by atoms with E-state index in [1.54, 1.807) is 23.3 Å². The Bertz CT molecular complexity index is 633. The van der Waals surface area contributed by atoms with Gasteiger partial charge in [0.25, 0.3) is 5.91 Å². The quantitative estimate of drug-likeness (QED) is 0.840. The Hall–Kier alpha value is -1.24. The second kappa shape index (κ2) is 6.68. The highest BCUT2D eigenvalue weighted by atomic mass is 32.1. The predicted octanol–water partition coefficient (Wildman–Crippen LogP) is 3.80. The van der Waals surface area contributed by atoms with Crippen molar-refractivity contribution in [2.45, 2.75) is 33.4 Å². The Kier molecular flexibility index (Phi) is 5.13. The number of ether oxygens (including phenoxy) is 1. The summed E-state index contributed by atoms with van der Waals surface area (Å²) >= 11 is 3.15. The average Bonchev–Trinajstić information content (AvgIpc) is 3.03. The smallest absolute Gasteiger partial charge is 0.264 e. The molecular weight excluding hydrogens is 304 g/mol. The molecule has 0 saturated heterocycles. The zero-order valence-electron chi connectivity index (χ0n) is 13.0. The highest BCUT2D eigenvalue weighted by Crippen LogP contribution is 2.28. The molecule has 0 aliphatic rings. The van der Waals surface area contributed by atoms with Crippen molar-refractivity contribution in [3.05, 3.63) is 37.5 Å². The van der Waals surface area contributed by atoms with Crippen molar-refractivity contribution in [3.8, 4) is 0 Å². The van der Waals surface area contributed by atoms with Crippen molar-refractivity contribution < 1.29 is 9.53 Å². The first-order valence-electron chi connectivity index (χ1n) is 6.72. The highest BCUT2D eigenvalue weighted by molar-refractivity contribution is 7.14. The van der Waals surface area contributed by atoms with Gasteiger partial charge in [-0.05, 0) is 32.9 Å². The number of hydrogen-bond acceptors (Lipinski definition) is 5. The van der Waals surface area contributed by atoms with Gasteiger partial charge < -0.3 is 9.64 Å². The molecule has 0 aliphatic heterocycles. The van der Waals surface area contributed by atoms with E-state index in [2.05, 4.69) is 11.9 Å². The fourth-order valence-electron chi connectivity index (χ4n) is 2.18. The van der Waals surface area contributed by atoms with Gasteiger partial charge in [-0.1, -0.05) is 0 Å². The van der Waals surface area contributed by atoms with E-state index < -0.39 is 0 Å². The van der Waals surface area contributed by atoms with Crippen LogP contribution < -0.4 is 0 Å². The molecule has 21 heavy (non-hydrogen) atoms. The van der Waals surface area contributed by atoms with Crippen molar-refractivity contribution in [1.82, 2.24) is 9.88 Å². The van der Waals surface area contributed by atoms with E-state index in [0.717, 1.165) is 20.5 Å². The summed E-state index contributed by atoms with van der Waals surface area (Å²) in [7, 11) is 3.49. The summed E-state index contributed by atoms with van der Waals surface area (Å²) < 4.78 is 5.09. The Morgan fingerprint density at radius 2 is 2.10 bits per heavy atom. The van der Waals surface area contributed by atoms with E-state index in [9.17, 15) is 4.79 Å². The maximum Gasteiger partial charge on any atom is 0.264 e. The van der Waals surface area contributed by atoms with Crippen LogP contribution in [0.4, 0.5) is 0 Å². The summed E-state index contributed by atoms with van der Waals surface area (Å²) in [6.07, 6.45) is 0. The minimum absolute atomic E-state index is 0.0277. The van der Waals surface area contributed by atoms with Crippen molar-refractivity contribution in [2.75, 3.05) is 14.2 Å². The molecule has 0 radical (unpaired) electrons. The summed E-state index contributed by atoms with van der Waals surface area (Å²) in [5, 5.41) is 1.04. The average molecular weight is 324 g/mol. The van der Waals surface area contributed by atoms with E-state index in [0.29, 0.717) is 6.61 Å². The lowest BCUT2D eigenvalue weighted by Gasteiger charge is -2.23. The SMILES string of the molecule is COCc1ccc(C(=O)N(C)[C@H](C)c2nc(C)sc2C)s1. The number of hydrogen-bond donors (Lipinski definition) is 0. The number of aryl methyl sites for hydroxylation is 2. The van der Waals surface area contributed by atoms with Crippen LogP contribution in [-0.4, -0.2) is 29.9 Å². The fourth-order valence-corrected chi connectivity index (χ4v) is 4.05. The van der Waals surface area contributed by atoms with E-state index >= 15 is 0 Å². The molecule has 2 heterocycles. The molecule has 0 fully saturated rings. The monoisotopic (exact) mass is 324 g/mol. The summed E-state index contributed by atoms with van der Waals surface area (Å²) in [6.45, 7) is 6.60. The van der Waals surface area contributed by atoms with Crippen LogP contribution in [0.1, 0.15) is 43.1 Å². The van der Waals surface area contributed by atoms with Gasteiger partial charge in [0.1, 0.15) is 0 Å². The standard InChI is InChI=1S/C15H20N2O2S2/c1-9(14-10(2)20-11(3)16-14)17(4)15(18)13-7-6-12(21-13)8-19-5/h6-7,9H,8H2,1-5H3/t9-/m1/s1. The maximum atomic E-state index is 12.6. The Labute approximate surface area is 133 Å². The van der Waals surface area contributed by atoms with Gasteiger partial charge in [-0.2, -0.15) is 0 Å². The zero-order chi connectivity index (χ0) is 15.6. The number of nitrogens with zero attached hydrogens (tertiary/aromatic N) is 2. The molecule has 0 unspecified atom stereocenters. The van der Waals surface area contributed by atoms with Crippen LogP contribution in [0.15, 0.2) is 12.1 Å². The Morgan fingerprint density at radius 1 is 1.38 bits per heavy atom. The number of carbonyl (C=O) groups is 1. The van der Waals surface area contributed by atoms with E-state index in [4.69, 9.17) is 4.74 Å². The van der Waals surface area contributed by atoms with Crippen molar-refractivity contribution >= 4 is 28.6 Å². The van der Waals surface area contributed by atoms with Crippen LogP contribution in [0.3, 0.4) is 0 Å². The number of thiazole rings is 1. The van der Waals surface area contributed by atoms with Gasteiger partial charge in [-0.15, -0.1) is 22.7 Å². The second-order valence-corrected chi connectivity index (χ2v) is 7.54. The fraction of sp³-hybridized carbons (Fsp3) is 0.467. The number of aromatic nitrogens is 1. The molecule has 0 N–H and O–H groups in total. The molecule has 1 amide bonds. The molecule has 2 aromatic rings. The third-order valence-corrected chi connectivity index (χ3v) is 5.34. The molecule has 0 spiro atoms. The van der Waals surface area contributed by atoms with Crippen LogP contribution in [0.2, 0.25) is 0 Å². The zero-order valence-corrected chi connectivity index (χ0v) is 14.6. The molecule has 0 saturated carbocycles. The van der Waals surface area contributed by atoms with Crippen molar-refractivity contribution in [2.24, 2.45) is 0 Å². The first kappa shape index (κ1) is 16.1. The number of rotatable bonds is 5. The molecule has 6 heteroatoms. The van der Waals surface area contributed by atoms with Gasteiger partial charge in [-0.25, -0.2) is 4.98 Å². The molecule has 4 nitrogen and oxygen atoms in total. The first-order chi connectivity index (χ1) is 9.93. The minimum Gasteiger partial charge on any atom is -0.379 e. The highest BCUT2D eigenvalue weighted by Gasteiger charge is 2.23. The maximum absolute atomic E-state index is 12.6. The Morgan fingerprint density at radius 3 is 2.67 bits per heavy atom. The van der Waals surface area contributed by atoms with Gasteiger partial charge in [0.15, 0.2) is 0 Å². The Balaban J connectivity index is 2.16. The van der Waals surface area contributed by atoms with Crippen LogP contribution in [0, 0.1) is 13.8 Å². The van der Waals surface area contributed by atoms with Gasteiger partial charge in [-0.3, -0.25) is 4.79 Å². The van der Waals surface area contributed by atoms with Crippen LogP contribution >= 0.6 is 22.7 Å². The van der Waals surface area contributed by atoms with Crippen molar-refractivity contribution in [1.29, 1.82) is 0 Å². The lowest BCUT2D eigenvalue weighted by molar-refractivity contribution is 0.0744. The number of carbonyl (C=O) groups excluding carboxylic acids is 1. The van der Waals surface area contributed by atoms with Crippen LogP contribution in [-0.2, 0) is 11.3 Å². The molecule has 1 atom stereocenters. The number of amides is 1. The topological polar surface area (TPSA) is 42.4 Å².